The van der Waals surface area contributed by atoms with Gasteiger partial charge in [0.05, 0.1) is 5.02 Å². The van der Waals surface area contributed by atoms with Crippen LogP contribution in [0.5, 0.6) is 0 Å². The van der Waals surface area contributed by atoms with E-state index in [0.717, 1.165) is 18.4 Å². The van der Waals surface area contributed by atoms with E-state index in [1.54, 1.807) is 12.1 Å². The van der Waals surface area contributed by atoms with Gasteiger partial charge in [-0.05, 0) is 67.5 Å². The van der Waals surface area contributed by atoms with Crippen molar-refractivity contribution in [2.45, 2.75) is 32.1 Å². The fraction of sp³-hybridized carbons (Fsp3) is 0.381. The number of likely N-dealkylation sites (tertiary alicyclic amines) is 1. The molecule has 0 spiro atoms. The molecule has 1 fully saturated rings. The van der Waals surface area contributed by atoms with Gasteiger partial charge < -0.3 is 10.2 Å². The molecule has 1 aromatic carbocycles. The summed E-state index contributed by atoms with van der Waals surface area (Å²) in [5.74, 6) is 0.421. The van der Waals surface area contributed by atoms with E-state index in [0.29, 0.717) is 36.8 Å². The van der Waals surface area contributed by atoms with E-state index in [1.165, 1.54) is 23.7 Å². The summed E-state index contributed by atoms with van der Waals surface area (Å²) in [5, 5.41) is 3.36. The zero-order valence-corrected chi connectivity index (χ0v) is 15.8. The van der Waals surface area contributed by atoms with Crippen LogP contribution in [0.1, 0.15) is 40.7 Å². The smallest absolute Gasteiger partial charge is 0.253 e. The van der Waals surface area contributed by atoms with E-state index in [-0.39, 0.29) is 17.7 Å². The molecule has 2 heterocycles. The van der Waals surface area contributed by atoms with Crippen LogP contribution in [0.2, 0.25) is 5.02 Å². The first kappa shape index (κ1) is 18.0. The van der Waals surface area contributed by atoms with E-state index in [9.17, 15) is 9.59 Å². The summed E-state index contributed by atoms with van der Waals surface area (Å²) in [6.07, 6.45) is 6.20. The molecule has 0 saturated carbocycles. The second-order valence-corrected chi connectivity index (χ2v) is 7.69. The third-order valence-corrected chi connectivity index (χ3v) is 5.70. The number of nitrogens with one attached hydrogen (secondary N) is 1. The molecule has 1 saturated heterocycles. The second kappa shape index (κ2) is 7.69. The van der Waals surface area contributed by atoms with Crippen molar-refractivity contribution in [2.24, 2.45) is 5.92 Å². The van der Waals surface area contributed by atoms with Crippen LogP contribution >= 0.6 is 11.6 Å². The fourth-order valence-corrected chi connectivity index (χ4v) is 4.02. The van der Waals surface area contributed by atoms with Gasteiger partial charge in [0.25, 0.3) is 5.91 Å². The van der Waals surface area contributed by atoms with Gasteiger partial charge in [-0.25, -0.2) is 4.98 Å². The molecule has 1 aliphatic carbocycles. The summed E-state index contributed by atoms with van der Waals surface area (Å²) in [7, 11) is 0. The number of fused-ring (bicyclic) bond motifs is 1. The quantitative estimate of drug-likeness (QED) is 0.878. The van der Waals surface area contributed by atoms with Crippen molar-refractivity contribution < 1.29 is 9.59 Å². The number of piperidine rings is 1. The Balaban J connectivity index is 1.33. The first-order chi connectivity index (χ1) is 13.1. The molecule has 1 aromatic heterocycles. The predicted molar refractivity (Wildman–Crippen MR) is 105 cm³/mol. The Labute approximate surface area is 163 Å². The van der Waals surface area contributed by atoms with Crippen molar-refractivity contribution in [3.8, 4) is 0 Å². The van der Waals surface area contributed by atoms with Crippen LogP contribution in [-0.2, 0) is 17.6 Å². The average molecular weight is 384 g/mol. The number of hydrogen-bond acceptors (Lipinski definition) is 3. The topological polar surface area (TPSA) is 62.3 Å². The first-order valence-electron chi connectivity index (χ1n) is 9.43. The van der Waals surface area contributed by atoms with E-state index in [1.807, 2.05) is 11.0 Å². The zero-order chi connectivity index (χ0) is 18.8. The van der Waals surface area contributed by atoms with Gasteiger partial charge in [-0.3, -0.25) is 9.59 Å². The van der Waals surface area contributed by atoms with Crippen LogP contribution in [0.4, 0.5) is 5.82 Å². The second-order valence-electron chi connectivity index (χ2n) is 7.25. The number of nitrogens with zero attached hydrogens (tertiary/aromatic N) is 2. The summed E-state index contributed by atoms with van der Waals surface area (Å²) >= 11 is 5.81. The van der Waals surface area contributed by atoms with Crippen LogP contribution in [0.3, 0.4) is 0 Å². The van der Waals surface area contributed by atoms with Crippen molar-refractivity contribution in [3.05, 3.63) is 58.2 Å². The van der Waals surface area contributed by atoms with E-state index in [2.05, 4.69) is 22.4 Å². The molecule has 140 valence electrons. The minimum atomic E-state index is -0.105. The van der Waals surface area contributed by atoms with Gasteiger partial charge >= 0.3 is 0 Å². The molecule has 27 heavy (non-hydrogen) atoms. The lowest BCUT2D eigenvalue weighted by Gasteiger charge is -2.31. The summed E-state index contributed by atoms with van der Waals surface area (Å²) < 4.78 is 0. The summed E-state index contributed by atoms with van der Waals surface area (Å²) in [5.41, 5.74) is 3.45. The maximum Gasteiger partial charge on any atom is 0.253 e. The number of rotatable bonds is 3. The van der Waals surface area contributed by atoms with Gasteiger partial charge in [0.15, 0.2) is 0 Å². The van der Waals surface area contributed by atoms with E-state index in [4.69, 9.17) is 11.6 Å². The molecule has 0 radical (unpaired) electrons. The molecular weight excluding hydrogens is 362 g/mol. The highest BCUT2D eigenvalue weighted by Gasteiger charge is 2.28. The lowest BCUT2D eigenvalue weighted by molar-refractivity contribution is -0.121. The molecule has 1 N–H and O–H groups in total. The molecule has 0 unspecified atom stereocenters. The molecule has 1 aliphatic heterocycles. The Bertz CT molecular complexity index is 858. The third-order valence-electron chi connectivity index (χ3n) is 5.48. The minimum Gasteiger partial charge on any atom is -0.339 e. The van der Waals surface area contributed by atoms with Crippen molar-refractivity contribution >= 4 is 29.2 Å². The molecular formula is C21H22ClN3O2. The number of anilines is 1. The first-order valence-corrected chi connectivity index (χ1v) is 9.81. The summed E-state index contributed by atoms with van der Waals surface area (Å²) in [6.45, 7) is 1.20. The van der Waals surface area contributed by atoms with Gasteiger partial charge in [-0.1, -0.05) is 17.7 Å². The van der Waals surface area contributed by atoms with E-state index < -0.39 is 0 Å². The number of hydrogen-bond donors (Lipinski definition) is 1. The number of carbonyl (C=O) groups is 2. The number of aromatic nitrogens is 1. The molecule has 0 atom stereocenters. The maximum atomic E-state index is 12.8. The zero-order valence-electron chi connectivity index (χ0n) is 15.1. The van der Waals surface area contributed by atoms with Gasteiger partial charge in [-0.15, -0.1) is 0 Å². The molecule has 6 heteroatoms. The van der Waals surface area contributed by atoms with Crippen LogP contribution < -0.4 is 5.32 Å². The van der Waals surface area contributed by atoms with E-state index >= 15 is 0 Å². The third kappa shape index (κ3) is 3.98. The fourth-order valence-electron chi connectivity index (χ4n) is 3.91. The SMILES string of the molecule is O=C(Nc1ccc(Cl)cn1)C1CCN(C(=O)c2ccc3c(c2)CCC3)CC1. The lowest BCUT2D eigenvalue weighted by atomic mass is 9.95. The molecule has 2 amide bonds. The molecule has 5 nitrogen and oxygen atoms in total. The van der Waals surface area contributed by atoms with Crippen LogP contribution in [0.15, 0.2) is 36.5 Å². The number of benzene rings is 1. The van der Waals surface area contributed by atoms with Crippen LogP contribution in [0.25, 0.3) is 0 Å². The number of amides is 2. The van der Waals surface area contributed by atoms with Crippen LogP contribution in [0, 0.1) is 5.92 Å². The molecule has 2 aliphatic rings. The maximum absolute atomic E-state index is 12.8. The highest BCUT2D eigenvalue weighted by atomic mass is 35.5. The highest BCUT2D eigenvalue weighted by molar-refractivity contribution is 6.30. The number of halogens is 1. The largest absolute Gasteiger partial charge is 0.339 e. The number of aryl methyl sites for hydroxylation is 2. The predicted octanol–water partition coefficient (Wildman–Crippen LogP) is 3.71. The highest BCUT2D eigenvalue weighted by Crippen LogP contribution is 2.25. The molecule has 2 aromatic rings. The Hall–Kier alpha value is -2.40. The monoisotopic (exact) mass is 383 g/mol. The van der Waals surface area contributed by atoms with Gasteiger partial charge in [0.1, 0.15) is 5.82 Å². The van der Waals surface area contributed by atoms with Crippen molar-refractivity contribution in [1.82, 2.24) is 9.88 Å². The Morgan fingerprint density at radius 1 is 1.07 bits per heavy atom. The van der Waals surface area contributed by atoms with Gasteiger partial charge in [0.2, 0.25) is 5.91 Å². The normalized spacial score (nSPS) is 16.9. The van der Waals surface area contributed by atoms with Gasteiger partial charge in [-0.2, -0.15) is 0 Å². The van der Waals surface area contributed by atoms with Crippen molar-refractivity contribution in [2.75, 3.05) is 18.4 Å². The Kier molecular flexibility index (Phi) is 5.12. The standard InChI is InChI=1S/C21H22ClN3O2/c22-18-6-7-19(23-13-18)24-20(26)15-8-10-25(11-9-15)21(27)17-5-4-14-2-1-3-16(14)12-17/h4-7,12-13,15H,1-3,8-11H2,(H,23,24,26). The lowest BCUT2D eigenvalue weighted by Crippen LogP contribution is -2.41. The minimum absolute atomic E-state index is 0.0468. The van der Waals surface area contributed by atoms with Crippen molar-refractivity contribution in [1.29, 1.82) is 0 Å². The van der Waals surface area contributed by atoms with Crippen LogP contribution in [-0.4, -0.2) is 34.8 Å². The van der Waals surface area contributed by atoms with Gasteiger partial charge in [0, 0.05) is 30.8 Å². The Morgan fingerprint density at radius 3 is 2.59 bits per heavy atom. The molecule has 0 bridgehead atoms. The Morgan fingerprint density at radius 2 is 1.85 bits per heavy atom. The summed E-state index contributed by atoms with van der Waals surface area (Å²) in [4.78, 5) is 31.2. The number of carbonyl (C=O) groups excluding carboxylic acids is 2. The summed E-state index contributed by atoms with van der Waals surface area (Å²) in [6, 6.07) is 9.47. The average Bonchev–Trinajstić information content (AvgIpc) is 3.17. The molecule has 4 rings (SSSR count). The van der Waals surface area contributed by atoms with Crippen molar-refractivity contribution in [3.63, 3.8) is 0 Å². The number of pyridine rings is 1.